The van der Waals surface area contributed by atoms with E-state index in [1.807, 2.05) is 34.6 Å². The topological polar surface area (TPSA) is 120 Å². The van der Waals surface area contributed by atoms with Crippen molar-refractivity contribution in [1.82, 2.24) is 15.1 Å². The number of esters is 1. The highest BCUT2D eigenvalue weighted by molar-refractivity contribution is 5.99. The molecule has 11 heteroatoms. The quantitative estimate of drug-likeness (QED) is 0.117. The smallest absolute Gasteiger partial charge is 0.321 e. The first-order chi connectivity index (χ1) is 23.3. The number of aliphatic hydroxyl groups is 1. The highest BCUT2D eigenvalue weighted by Crippen LogP contribution is 2.49. The molecule has 0 aliphatic heterocycles. The van der Waals surface area contributed by atoms with Gasteiger partial charge in [0.15, 0.2) is 5.78 Å². The van der Waals surface area contributed by atoms with Crippen LogP contribution >= 0.6 is 12.4 Å². The minimum Gasteiger partial charge on any atom is -0.490 e. The van der Waals surface area contributed by atoms with Crippen molar-refractivity contribution in [2.24, 2.45) is 11.3 Å². The standard InChI is InChI=1S/C20H33N3O4.C19H35NO2.ClH/c1-7-23(8-2)19(26)22-15-9-10-18(17(11-15)14(3)24)27-13-16(25)12-21-20(4,5)6;1-3-20(4-2)15-16-22-18(21)19(13-9-6-10-14-19)17-11-7-5-8-12-17;/h9-11,16,21,25H,7-8,12-13H2,1-6H3,(H,22,26);17H,3-16H2,1-2H3;1H. The predicted octanol–water partition coefficient (Wildman–Crippen LogP) is 7.71. The van der Waals surface area contributed by atoms with Crippen LogP contribution in [0.15, 0.2) is 18.2 Å². The van der Waals surface area contributed by atoms with Gasteiger partial charge >= 0.3 is 12.0 Å². The summed E-state index contributed by atoms with van der Waals surface area (Å²) < 4.78 is 11.4. The van der Waals surface area contributed by atoms with Crippen molar-refractivity contribution < 1.29 is 29.0 Å². The van der Waals surface area contributed by atoms with E-state index in [0.717, 1.165) is 32.5 Å². The molecule has 2 amide bonds. The first-order valence-corrected chi connectivity index (χ1v) is 19.0. The fourth-order valence-electron chi connectivity index (χ4n) is 6.96. The second-order valence-electron chi connectivity index (χ2n) is 14.7. The number of nitrogens with zero attached hydrogens (tertiary/aromatic N) is 2. The third-order valence-corrected chi connectivity index (χ3v) is 10.0. The van der Waals surface area contributed by atoms with Gasteiger partial charge in [0, 0.05) is 37.4 Å². The number of ether oxygens (including phenoxy) is 2. The van der Waals surface area contributed by atoms with Crippen LogP contribution in [0.2, 0.25) is 0 Å². The molecule has 50 heavy (non-hydrogen) atoms. The van der Waals surface area contributed by atoms with Crippen molar-refractivity contribution in [1.29, 1.82) is 0 Å². The number of Topliss-reactive ketones (excluding diaryl/α,β-unsaturated/α-hetero) is 1. The van der Waals surface area contributed by atoms with Crippen LogP contribution in [0.3, 0.4) is 0 Å². The number of ketones is 1. The van der Waals surface area contributed by atoms with E-state index in [-0.39, 0.29) is 47.8 Å². The molecule has 2 saturated carbocycles. The lowest BCUT2D eigenvalue weighted by Crippen LogP contribution is -2.43. The molecule has 2 fully saturated rings. The Balaban J connectivity index is 0.000000499. The van der Waals surface area contributed by atoms with Gasteiger partial charge in [-0.25, -0.2) is 4.79 Å². The molecule has 0 radical (unpaired) electrons. The molecular formula is C39H69ClN4O6. The Morgan fingerprint density at radius 1 is 0.940 bits per heavy atom. The number of nitrogens with one attached hydrogen (secondary N) is 2. The van der Waals surface area contributed by atoms with E-state index < -0.39 is 6.10 Å². The lowest BCUT2D eigenvalue weighted by atomic mass is 9.62. The van der Waals surface area contributed by atoms with E-state index in [2.05, 4.69) is 29.4 Å². The van der Waals surface area contributed by atoms with Crippen LogP contribution in [0.5, 0.6) is 5.75 Å². The van der Waals surface area contributed by atoms with Gasteiger partial charge in [-0.2, -0.15) is 0 Å². The summed E-state index contributed by atoms with van der Waals surface area (Å²) in [5.74, 6) is 0.929. The first-order valence-electron chi connectivity index (χ1n) is 19.0. The number of benzene rings is 1. The molecule has 0 spiro atoms. The van der Waals surface area contributed by atoms with E-state index in [0.29, 0.717) is 49.2 Å². The summed E-state index contributed by atoms with van der Waals surface area (Å²) in [5, 5.41) is 16.0. The lowest BCUT2D eigenvalue weighted by molar-refractivity contribution is -0.164. The number of hydrogen-bond acceptors (Lipinski definition) is 8. The number of amides is 2. The maximum atomic E-state index is 12.9. The number of aliphatic hydroxyl groups excluding tert-OH is 1. The molecule has 1 aromatic carbocycles. The van der Waals surface area contributed by atoms with Crippen LogP contribution < -0.4 is 15.4 Å². The zero-order chi connectivity index (χ0) is 36.5. The number of carbonyl (C=O) groups is 3. The summed E-state index contributed by atoms with van der Waals surface area (Å²) in [6.45, 7) is 20.8. The highest BCUT2D eigenvalue weighted by Gasteiger charge is 2.47. The molecule has 0 aromatic heterocycles. The van der Waals surface area contributed by atoms with Crippen molar-refractivity contribution in [3.63, 3.8) is 0 Å². The number of rotatable bonds is 16. The molecule has 2 aliphatic carbocycles. The normalized spacial score (nSPS) is 16.7. The van der Waals surface area contributed by atoms with Gasteiger partial charge in [0.1, 0.15) is 25.1 Å². The van der Waals surface area contributed by atoms with E-state index in [1.165, 1.54) is 58.3 Å². The molecule has 2 aliphatic rings. The molecule has 1 atom stereocenters. The minimum absolute atomic E-state index is 0. The lowest BCUT2D eigenvalue weighted by Gasteiger charge is -2.43. The zero-order valence-corrected chi connectivity index (χ0v) is 33.2. The van der Waals surface area contributed by atoms with E-state index in [9.17, 15) is 19.5 Å². The fourth-order valence-corrected chi connectivity index (χ4v) is 6.96. The van der Waals surface area contributed by atoms with Gasteiger partial charge < -0.3 is 35.0 Å². The Morgan fingerprint density at radius 2 is 1.54 bits per heavy atom. The maximum Gasteiger partial charge on any atom is 0.321 e. The molecular weight excluding hydrogens is 656 g/mol. The number of likely N-dealkylation sites (N-methyl/N-ethyl adjacent to an activating group) is 1. The van der Waals surface area contributed by atoms with Crippen LogP contribution in [-0.4, -0.2) is 96.8 Å². The summed E-state index contributed by atoms with van der Waals surface area (Å²) in [5.41, 5.74) is 0.653. The predicted molar refractivity (Wildman–Crippen MR) is 206 cm³/mol. The van der Waals surface area contributed by atoms with Crippen molar-refractivity contribution in [2.75, 3.05) is 57.8 Å². The second kappa shape index (κ2) is 23.2. The molecule has 3 N–H and O–H groups in total. The van der Waals surface area contributed by atoms with Crippen LogP contribution in [0, 0.1) is 11.3 Å². The van der Waals surface area contributed by atoms with Crippen molar-refractivity contribution in [3.05, 3.63) is 23.8 Å². The molecule has 0 heterocycles. The molecule has 0 saturated heterocycles. The van der Waals surface area contributed by atoms with Gasteiger partial charge in [0.05, 0.1) is 11.0 Å². The summed E-state index contributed by atoms with van der Waals surface area (Å²) in [6, 6.07) is 4.70. The van der Waals surface area contributed by atoms with Crippen molar-refractivity contribution in [2.45, 2.75) is 131 Å². The molecule has 10 nitrogen and oxygen atoms in total. The number of β-amino-alcohol motifs (C(OH)–C–C–N with tert-alkyl or cyclic N) is 1. The summed E-state index contributed by atoms with van der Waals surface area (Å²) in [4.78, 5) is 41.0. The molecule has 0 bridgehead atoms. The summed E-state index contributed by atoms with van der Waals surface area (Å²) >= 11 is 0. The third kappa shape index (κ3) is 15.1. The number of anilines is 1. The molecule has 3 rings (SSSR count). The number of hydrogen-bond donors (Lipinski definition) is 3. The van der Waals surface area contributed by atoms with Crippen LogP contribution in [0.1, 0.15) is 130 Å². The largest absolute Gasteiger partial charge is 0.490 e. The van der Waals surface area contributed by atoms with Crippen molar-refractivity contribution >= 4 is 35.9 Å². The molecule has 288 valence electrons. The van der Waals surface area contributed by atoms with Crippen LogP contribution in [-0.2, 0) is 9.53 Å². The molecule has 1 aromatic rings. The average Bonchev–Trinajstić information content (AvgIpc) is 3.09. The van der Waals surface area contributed by atoms with Crippen LogP contribution in [0.25, 0.3) is 0 Å². The van der Waals surface area contributed by atoms with Crippen LogP contribution in [0.4, 0.5) is 10.5 Å². The van der Waals surface area contributed by atoms with Gasteiger partial charge in [0.25, 0.3) is 0 Å². The van der Waals surface area contributed by atoms with Gasteiger partial charge in [-0.15, -0.1) is 12.4 Å². The Morgan fingerprint density at radius 3 is 2.08 bits per heavy atom. The Kier molecular flexibility index (Phi) is 21.2. The maximum absolute atomic E-state index is 12.9. The van der Waals surface area contributed by atoms with E-state index in [4.69, 9.17) is 9.47 Å². The van der Waals surface area contributed by atoms with Crippen molar-refractivity contribution in [3.8, 4) is 5.75 Å². The van der Waals surface area contributed by atoms with Gasteiger partial charge in [-0.05, 0) is 104 Å². The SMILES string of the molecule is CCN(CC)C(=O)Nc1ccc(OCC(O)CNC(C)(C)C)c(C(C)=O)c1.CCN(CC)CCOC(=O)C1(C2CCCCC2)CCCCC1.Cl. The number of carbonyl (C=O) groups excluding carboxylic acids is 3. The van der Waals surface area contributed by atoms with Gasteiger partial charge in [0.2, 0.25) is 0 Å². The number of halogens is 1. The molecule has 1 unspecified atom stereocenters. The fraction of sp³-hybridized carbons (Fsp3) is 0.769. The van der Waals surface area contributed by atoms with Gasteiger partial charge in [-0.3, -0.25) is 9.59 Å². The second-order valence-corrected chi connectivity index (χ2v) is 14.7. The summed E-state index contributed by atoms with van der Waals surface area (Å²) in [7, 11) is 0. The van der Waals surface area contributed by atoms with E-state index >= 15 is 0 Å². The highest BCUT2D eigenvalue weighted by atomic mass is 35.5. The number of urea groups is 1. The minimum atomic E-state index is -0.703. The third-order valence-electron chi connectivity index (χ3n) is 10.0. The zero-order valence-electron chi connectivity index (χ0n) is 32.4. The first kappa shape index (κ1) is 45.6. The monoisotopic (exact) mass is 724 g/mol. The van der Waals surface area contributed by atoms with Gasteiger partial charge in [-0.1, -0.05) is 52.4 Å². The Labute approximate surface area is 309 Å². The Bertz CT molecular complexity index is 1140. The Hall–Kier alpha value is -2.40. The summed E-state index contributed by atoms with van der Waals surface area (Å²) in [6.07, 6.45) is 11.6. The average molecular weight is 725 g/mol. The van der Waals surface area contributed by atoms with E-state index in [1.54, 1.807) is 23.1 Å².